The second kappa shape index (κ2) is 11.2. The summed E-state index contributed by atoms with van der Waals surface area (Å²) in [5.41, 5.74) is -5.42. The summed E-state index contributed by atoms with van der Waals surface area (Å²) < 4.78 is 169. The van der Waals surface area contributed by atoms with Crippen molar-refractivity contribution in [3.8, 4) is 0 Å². The van der Waals surface area contributed by atoms with Crippen LogP contribution in [-0.4, -0.2) is 77.2 Å². The number of alkyl halides is 12. The molecule has 1 saturated heterocycles. The van der Waals surface area contributed by atoms with Crippen molar-refractivity contribution < 1.29 is 52.7 Å². The first-order valence-corrected chi connectivity index (χ1v) is 13.0. The minimum Gasteiger partial charge on any atom is -0.369 e. The number of anilines is 3. The van der Waals surface area contributed by atoms with Crippen molar-refractivity contribution in [1.82, 2.24) is 20.3 Å². The highest BCUT2D eigenvalue weighted by molar-refractivity contribution is 5.80. The van der Waals surface area contributed by atoms with Crippen molar-refractivity contribution in [3.05, 3.63) is 52.4 Å². The molecule has 45 heavy (non-hydrogen) atoms. The summed E-state index contributed by atoms with van der Waals surface area (Å²) in [5.74, 6) is -36.9. The monoisotopic (exact) mass is 664 g/mol. The lowest BCUT2D eigenvalue weighted by Gasteiger charge is -2.44. The highest BCUT2D eigenvalue weighted by Gasteiger charge is 2.89. The lowest BCUT2D eigenvalue weighted by atomic mass is 9.75. The van der Waals surface area contributed by atoms with Gasteiger partial charge < -0.3 is 20.5 Å². The number of halogens is 12. The molecule has 1 aliphatic heterocycles. The number of aromatic nitrogens is 3. The van der Waals surface area contributed by atoms with Gasteiger partial charge >= 0.3 is 36.0 Å². The summed E-state index contributed by atoms with van der Waals surface area (Å²) in [6.45, 7) is 3.16. The molecule has 3 heterocycles. The Morgan fingerprint density at radius 1 is 0.778 bits per heavy atom. The molecule has 1 aromatic carbocycles. The first kappa shape index (κ1) is 34.1. The van der Waals surface area contributed by atoms with Gasteiger partial charge in [-0.25, -0.2) is 13.8 Å². The number of H-pyrrole nitrogens is 1. The number of benzene rings is 1. The maximum absolute atomic E-state index is 15.5. The summed E-state index contributed by atoms with van der Waals surface area (Å²) in [6.07, 6.45) is -5.61. The minimum atomic E-state index is -7.72. The third-order valence-electron chi connectivity index (χ3n) is 7.45. The van der Waals surface area contributed by atoms with E-state index < -0.39 is 69.7 Å². The van der Waals surface area contributed by atoms with Crippen molar-refractivity contribution in [2.24, 2.45) is 0 Å². The van der Waals surface area contributed by atoms with Gasteiger partial charge in [-0.3, -0.25) is 4.79 Å². The van der Waals surface area contributed by atoms with Gasteiger partial charge in [0.1, 0.15) is 5.65 Å². The van der Waals surface area contributed by atoms with Crippen LogP contribution in [0.4, 0.5) is 70.0 Å². The zero-order valence-electron chi connectivity index (χ0n) is 23.2. The fourth-order valence-electron chi connectivity index (χ4n) is 4.66. The number of nitrogens with one attached hydrogen (secondary N) is 3. The Morgan fingerprint density at radius 2 is 1.33 bits per heavy atom. The number of rotatable bonds is 10. The predicted molar refractivity (Wildman–Crippen MR) is 139 cm³/mol. The normalized spacial score (nSPS) is 16.0. The molecule has 1 fully saturated rings. The zero-order valence-corrected chi connectivity index (χ0v) is 23.2. The number of aromatic amines is 1. The Labute approximate surface area is 246 Å². The van der Waals surface area contributed by atoms with Crippen LogP contribution >= 0.6 is 0 Å². The highest BCUT2D eigenvalue weighted by Crippen LogP contribution is 2.61. The molecule has 3 aromatic rings. The third-order valence-corrected chi connectivity index (χ3v) is 7.45. The number of fused-ring (bicyclic) bond motifs is 1. The average Bonchev–Trinajstić information content (AvgIpc) is 2.96. The molecule has 0 saturated carbocycles. The van der Waals surface area contributed by atoms with E-state index >= 15 is 8.78 Å². The molecular weight excluding hydrogens is 640 g/mol. The second-order valence-electron chi connectivity index (χ2n) is 10.7. The van der Waals surface area contributed by atoms with Crippen LogP contribution < -0.4 is 21.1 Å². The van der Waals surface area contributed by atoms with Crippen molar-refractivity contribution in [2.45, 2.75) is 55.3 Å². The van der Waals surface area contributed by atoms with E-state index in [-0.39, 0.29) is 19.5 Å². The first-order chi connectivity index (χ1) is 20.6. The lowest BCUT2D eigenvalue weighted by Crippen LogP contribution is -2.71. The third kappa shape index (κ3) is 5.41. The molecule has 0 amide bonds. The molecule has 3 N–H and O–H groups in total. The smallest absolute Gasteiger partial charge is 0.369 e. The number of hydrogen-bond acceptors (Lipinski definition) is 6. The highest BCUT2D eigenvalue weighted by atomic mass is 19.4. The van der Waals surface area contributed by atoms with Crippen LogP contribution in [0.2, 0.25) is 0 Å². The fourth-order valence-corrected chi connectivity index (χ4v) is 4.66. The quantitative estimate of drug-likeness (QED) is 0.224. The number of nitrogens with zero attached hydrogens (tertiary/aromatic N) is 3. The van der Waals surface area contributed by atoms with E-state index in [1.54, 1.807) is 12.1 Å². The van der Waals surface area contributed by atoms with Gasteiger partial charge in [-0.2, -0.15) is 48.9 Å². The van der Waals surface area contributed by atoms with E-state index in [4.69, 9.17) is 0 Å². The summed E-state index contributed by atoms with van der Waals surface area (Å²) in [7, 11) is 0. The van der Waals surface area contributed by atoms with Crippen LogP contribution in [0.5, 0.6) is 0 Å². The van der Waals surface area contributed by atoms with Gasteiger partial charge in [0.25, 0.3) is 0 Å². The average molecular weight is 664 g/mol. The van der Waals surface area contributed by atoms with Crippen LogP contribution in [0.25, 0.3) is 11.0 Å². The summed E-state index contributed by atoms with van der Waals surface area (Å²) in [5, 5.41) is 5.11. The SMILES string of the molecule is CC(C)(c1nc(Nc2ccc(N3CCNCC3)cc2)nc2[nH]c(=O)ccc12)C(F)(F)C(F)(F)C(F)(F)C(F)(F)C(F)(F)C(F)F. The van der Waals surface area contributed by atoms with Crippen LogP contribution in [0.3, 0.4) is 0 Å². The first-order valence-electron chi connectivity index (χ1n) is 13.0. The molecule has 0 aliphatic carbocycles. The molecule has 0 radical (unpaired) electrons. The van der Waals surface area contributed by atoms with E-state index in [0.29, 0.717) is 19.2 Å². The van der Waals surface area contributed by atoms with Gasteiger partial charge in [0.2, 0.25) is 11.5 Å². The number of piperazine rings is 1. The molecule has 4 rings (SSSR count). The zero-order chi connectivity index (χ0) is 33.8. The van der Waals surface area contributed by atoms with E-state index in [0.717, 1.165) is 24.8 Å². The Hall–Kier alpha value is -3.77. The van der Waals surface area contributed by atoms with E-state index in [1.165, 1.54) is 12.1 Å². The van der Waals surface area contributed by atoms with Crippen LogP contribution in [0, 0.1) is 0 Å². The number of pyridine rings is 1. The maximum atomic E-state index is 15.5. The lowest BCUT2D eigenvalue weighted by molar-refractivity contribution is -0.418. The second-order valence-corrected chi connectivity index (χ2v) is 10.7. The van der Waals surface area contributed by atoms with Gasteiger partial charge in [0, 0.05) is 49.0 Å². The van der Waals surface area contributed by atoms with Crippen LogP contribution in [-0.2, 0) is 5.41 Å². The summed E-state index contributed by atoms with van der Waals surface area (Å²) >= 11 is 0. The standard InChI is InChI=1S/C26H24F12N6O/c1-21(2,23(31,32)25(35,36)26(37,38)24(33,34)22(29,30)19(27)28)17-15-7-8-16(45)41-18(15)43-20(42-17)40-13-3-5-14(6-4-13)44-11-9-39-10-12-44/h3-8,19,39H,9-12H2,1-2H3,(H2,40,41,42,43,45). The van der Waals surface area contributed by atoms with Gasteiger partial charge in [-0.1, -0.05) is 0 Å². The number of hydrogen-bond donors (Lipinski definition) is 3. The largest absolute Gasteiger partial charge is 0.384 e. The van der Waals surface area contributed by atoms with Gasteiger partial charge in [0.15, 0.2) is 0 Å². The predicted octanol–water partition coefficient (Wildman–Crippen LogP) is 6.19. The Morgan fingerprint density at radius 3 is 1.89 bits per heavy atom. The topological polar surface area (TPSA) is 85.9 Å². The molecule has 248 valence electrons. The molecule has 19 heteroatoms. The minimum absolute atomic E-state index is 0.166. The fraction of sp³-hybridized carbons (Fsp3) is 0.500. The van der Waals surface area contributed by atoms with Crippen molar-refractivity contribution in [3.63, 3.8) is 0 Å². The molecule has 2 aromatic heterocycles. The summed E-state index contributed by atoms with van der Waals surface area (Å²) in [4.78, 5) is 23.7. The molecule has 0 spiro atoms. The van der Waals surface area contributed by atoms with Crippen LogP contribution in [0.15, 0.2) is 41.2 Å². The van der Waals surface area contributed by atoms with Gasteiger partial charge in [0.05, 0.1) is 11.1 Å². The molecule has 0 atom stereocenters. The van der Waals surface area contributed by atoms with E-state index in [9.17, 15) is 48.7 Å². The van der Waals surface area contributed by atoms with Gasteiger partial charge in [-0.05, 0) is 44.2 Å². The molecule has 0 bridgehead atoms. The Bertz CT molecular complexity index is 1590. The van der Waals surface area contributed by atoms with Gasteiger partial charge in [-0.15, -0.1) is 0 Å². The summed E-state index contributed by atoms with van der Waals surface area (Å²) in [6, 6.07) is 7.77. The van der Waals surface area contributed by atoms with Crippen molar-refractivity contribution in [2.75, 3.05) is 36.4 Å². The van der Waals surface area contributed by atoms with E-state index in [2.05, 4.69) is 25.6 Å². The maximum Gasteiger partial charge on any atom is 0.384 e. The van der Waals surface area contributed by atoms with Crippen molar-refractivity contribution >= 4 is 28.4 Å². The molecule has 1 aliphatic rings. The molecule has 0 unspecified atom stereocenters. The Kier molecular flexibility index (Phi) is 8.52. The van der Waals surface area contributed by atoms with Crippen molar-refractivity contribution in [1.29, 1.82) is 0 Å². The Balaban J connectivity index is 1.79. The van der Waals surface area contributed by atoms with E-state index in [1.807, 2.05) is 4.90 Å². The molecule has 7 nitrogen and oxygen atoms in total. The molecular formula is C26H24F12N6O. The van der Waals surface area contributed by atoms with Crippen LogP contribution in [0.1, 0.15) is 19.5 Å².